The maximum absolute atomic E-state index is 10.5. The van der Waals surface area contributed by atoms with Crippen LogP contribution in [0.25, 0.3) is 0 Å². The molecule has 0 fully saturated rings. The predicted octanol–water partition coefficient (Wildman–Crippen LogP) is 1.82. The lowest BCUT2D eigenvalue weighted by atomic mass is 10.5. The van der Waals surface area contributed by atoms with Gasteiger partial charge in [-0.2, -0.15) is 0 Å². The first-order chi connectivity index (χ1) is 6.02. The van der Waals surface area contributed by atoms with Crippen molar-refractivity contribution in [3.63, 3.8) is 0 Å². The van der Waals surface area contributed by atoms with Crippen LogP contribution in [0.3, 0.4) is 0 Å². The highest BCUT2D eigenvalue weighted by Gasteiger charge is 2.16. The van der Waals surface area contributed by atoms with Crippen molar-refractivity contribution in [2.24, 2.45) is 0 Å². The van der Waals surface area contributed by atoms with Crippen molar-refractivity contribution in [2.75, 3.05) is 13.1 Å². The molecule has 0 aliphatic heterocycles. The van der Waals surface area contributed by atoms with E-state index in [0.717, 1.165) is 13.1 Å². The van der Waals surface area contributed by atoms with Gasteiger partial charge in [0, 0.05) is 13.1 Å². The van der Waals surface area contributed by atoms with Crippen LogP contribution in [0.15, 0.2) is 0 Å². The quantitative estimate of drug-likeness (QED) is 0.733. The van der Waals surface area contributed by atoms with E-state index >= 15 is 0 Å². The molecule has 0 aliphatic rings. The van der Waals surface area contributed by atoms with E-state index in [1.807, 2.05) is 18.7 Å². The van der Waals surface area contributed by atoms with Gasteiger partial charge in [0.25, 0.3) is 0 Å². The van der Waals surface area contributed by atoms with Gasteiger partial charge in [0.1, 0.15) is 9.57 Å². The second kappa shape index (κ2) is 6.21. The third-order valence-corrected chi connectivity index (χ3v) is 3.21. The number of aliphatic carboxylic acids is 1. The number of hydrogen-bond donors (Lipinski definition) is 1. The Bertz CT molecular complexity index is 193. The second-order valence-corrected chi connectivity index (χ2v) is 4.51. The Morgan fingerprint density at radius 3 is 2.31 bits per heavy atom. The Hall–Kier alpha value is -0.290. The van der Waals surface area contributed by atoms with Crippen LogP contribution in [0.1, 0.15) is 20.8 Å². The van der Waals surface area contributed by atoms with Crippen molar-refractivity contribution >= 4 is 34.3 Å². The number of thioether (sulfide) groups is 1. The van der Waals surface area contributed by atoms with Crippen LogP contribution < -0.4 is 0 Å². The predicted molar refractivity (Wildman–Crippen MR) is 60.2 cm³/mol. The lowest BCUT2D eigenvalue weighted by Gasteiger charge is -2.21. The van der Waals surface area contributed by atoms with Gasteiger partial charge in [-0.15, -0.1) is 0 Å². The molecule has 3 nitrogen and oxygen atoms in total. The van der Waals surface area contributed by atoms with E-state index in [-0.39, 0.29) is 0 Å². The van der Waals surface area contributed by atoms with Crippen LogP contribution in [0.4, 0.5) is 0 Å². The molecule has 0 amide bonds. The fourth-order valence-corrected chi connectivity index (χ4v) is 2.26. The zero-order chi connectivity index (χ0) is 10.4. The standard InChI is InChI=1S/C8H15NO2S2/c1-4-9(5-2)8(12)13-6(3)7(10)11/h6H,4-5H2,1-3H3,(H,10,11)/t6-/m0/s1. The number of rotatable bonds is 4. The molecule has 0 unspecified atom stereocenters. The second-order valence-electron chi connectivity index (χ2n) is 2.54. The minimum Gasteiger partial charge on any atom is -0.480 e. The zero-order valence-electron chi connectivity index (χ0n) is 8.11. The van der Waals surface area contributed by atoms with Crippen molar-refractivity contribution in [3.05, 3.63) is 0 Å². The molecule has 13 heavy (non-hydrogen) atoms. The number of carboxylic acid groups (broad SMARTS) is 1. The first-order valence-corrected chi connectivity index (χ1v) is 5.50. The van der Waals surface area contributed by atoms with Crippen molar-refractivity contribution < 1.29 is 9.90 Å². The Balaban J connectivity index is 4.05. The first-order valence-electron chi connectivity index (χ1n) is 4.21. The summed E-state index contributed by atoms with van der Waals surface area (Å²) in [6.07, 6.45) is 0. The number of thiocarbonyl (C=S) groups is 1. The fourth-order valence-electron chi connectivity index (χ4n) is 0.758. The summed E-state index contributed by atoms with van der Waals surface area (Å²) in [5.74, 6) is -0.820. The van der Waals surface area contributed by atoms with Gasteiger partial charge in [0.05, 0.1) is 0 Å². The molecule has 0 aromatic rings. The molecule has 0 aliphatic carbocycles. The molecule has 0 aromatic carbocycles. The molecule has 0 saturated heterocycles. The summed E-state index contributed by atoms with van der Waals surface area (Å²) in [7, 11) is 0. The highest BCUT2D eigenvalue weighted by atomic mass is 32.2. The van der Waals surface area contributed by atoms with Gasteiger partial charge in [-0.05, 0) is 20.8 Å². The zero-order valence-corrected chi connectivity index (χ0v) is 9.74. The minimum absolute atomic E-state index is 0.465. The topological polar surface area (TPSA) is 40.5 Å². The molecule has 76 valence electrons. The Labute approximate surface area is 88.5 Å². The molecule has 0 spiro atoms. The van der Waals surface area contributed by atoms with Gasteiger partial charge in [-0.25, -0.2) is 0 Å². The molecule has 0 radical (unpaired) electrons. The van der Waals surface area contributed by atoms with Crippen molar-refractivity contribution in [2.45, 2.75) is 26.0 Å². The molecule has 0 heterocycles. The van der Waals surface area contributed by atoms with Crippen LogP contribution in [-0.2, 0) is 4.79 Å². The molecule has 1 atom stereocenters. The molecular weight excluding hydrogens is 206 g/mol. The van der Waals surface area contributed by atoms with E-state index in [1.165, 1.54) is 11.8 Å². The van der Waals surface area contributed by atoms with Gasteiger partial charge in [-0.1, -0.05) is 24.0 Å². The van der Waals surface area contributed by atoms with Crippen LogP contribution >= 0.6 is 24.0 Å². The van der Waals surface area contributed by atoms with Crippen LogP contribution in [0.2, 0.25) is 0 Å². The molecule has 0 aromatic heterocycles. The van der Waals surface area contributed by atoms with Gasteiger partial charge < -0.3 is 10.0 Å². The number of carbonyl (C=O) groups is 1. The van der Waals surface area contributed by atoms with E-state index in [1.54, 1.807) is 6.92 Å². The largest absolute Gasteiger partial charge is 0.480 e. The van der Waals surface area contributed by atoms with Gasteiger partial charge >= 0.3 is 5.97 Å². The van der Waals surface area contributed by atoms with E-state index < -0.39 is 11.2 Å². The molecule has 1 N–H and O–H groups in total. The molecular formula is C8H15NO2S2. The van der Waals surface area contributed by atoms with Gasteiger partial charge in [-0.3, -0.25) is 4.79 Å². The molecule has 5 heteroatoms. The number of carboxylic acids is 1. The third-order valence-electron chi connectivity index (χ3n) is 1.65. The maximum Gasteiger partial charge on any atom is 0.316 e. The molecule has 0 rings (SSSR count). The van der Waals surface area contributed by atoms with E-state index in [9.17, 15) is 4.79 Å². The van der Waals surface area contributed by atoms with E-state index in [2.05, 4.69) is 0 Å². The summed E-state index contributed by atoms with van der Waals surface area (Å²) in [4.78, 5) is 12.5. The fraction of sp³-hybridized carbons (Fsp3) is 0.750. The van der Waals surface area contributed by atoms with Crippen LogP contribution in [0, 0.1) is 0 Å². The minimum atomic E-state index is -0.820. The van der Waals surface area contributed by atoms with Crippen LogP contribution in [0.5, 0.6) is 0 Å². The SMILES string of the molecule is CCN(CC)C(=S)S[C@@H](C)C(=O)O. The first kappa shape index (κ1) is 12.7. The summed E-state index contributed by atoms with van der Waals surface area (Å²) in [5.41, 5.74) is 0. The molecule has 0 bridgehead atoms. The third kappa shape index (κ3) is 4.47. The smallest absolute Gasteiger partial charge is 0.316 e. The maximum atomic E-state index is 10.5. The summed E-state index contributed by atoms with van der Waals surface area (Å²) in [5, 5.41) is 8.19. The lowest BCUT2D eigenvalue weighted by Crippen LogP contribution is -2.29. The average Bonchev–Trinajstić information content (AvgIpc) is 2.06. The van der Waals surface area contributed by atoms with Crippen molar-refractivity contribution in [3.8, 4) is 0 Å². The Morgan fingerprint density at radius 2 is 2.00 bits per heavy atom. The van der Waals surface area contributed by atoms with Crippen molar-refractivity contribution in [1.29, 1.82) is 0 Å². The van der Waals surface area contributed by atoms with E-state index in [4.69, 9.17) is 17.3 Å². The molecule has 0 saturated carbocycles. The van der Waals surface area contributed by atoms with Gasteiger partial charge in [0.2, 0.25) is 0 Å². The normalized spacial score (nSPS) is 12.2. The summed E-state index contributed by atoms with van der Waals surface area (Å²) >= 11 is 6.32. The highest BCUT2D eigenvalue weighted by Crippen LogP contribution is 2.15. The highest BCUT2D eigenvalue weighted by molar-refractivity contribution is 8.23. The lowest BCUT2D eigenvalue weighted by molar-refractivity contribution is -0.136. The summed E-state index contributed by atoms with van der Waals surface area (Å²) in [6.45, 7) is 7.30. The summed E-state index contributed by atoms with van der Waals surface area (Å²) in [6, 6.07) is 0. The monoisotopic (exact) mass is 221 g/mol. The number of nitrogens with zero attached hydrogens (tertiary/aromatic N) is 1. The Morgan fingerprint density at radius 1 is 1.54 bits per heavy atom. The van der Waals surface area contributed by atoms with Crippen LogP contribution in [-0.4, -0.2) is 38.6 Å². The van der Waals surface area contributed by atoms with Gasteiger partial charge in [0.15, 0.2) is 0 Å². The summed E-state index contributed by atoms with van der Waals surface area (Å²) < 4.78 is 0.667. The van der Waals surface area contributed by atoms with Crippen molar-refractivity contribution in [1.82, 2.24) is 4.90 Å². The number of hydrogen-bond acceptors (Lipinski definition) is 3. The Kier molecular flexibility index (Phi) is 6.07. The van der Waals surface area contributed by atoms with E-state index in [0.29, 0.717) is 4.32 Å². The average molecular weight is 221 g/mol.